The molecule has 2 N–H and O–H groups in total. The van der Waals surface area contributed by atoms with Crippen molar-refractivity contribution in [2.75, 3.05) is 17.8 Å². The number of rotatable bonds is 4. The fraction of sp³-hybridized carbons (Fsp3) is 0.143. The maximum absolute atomic E-state index is 10.8. The summed E-state index contributed by atoms with van der Waals surface area (Å²) in [5.41, 5.74) is 2.71. The van der Waals surface area contributed by atoms with Gasteiger partial charge in [0, 0.05) is 17.8 Å². The predicted molar refractivity (Wildman–Crippen MR) is 59.6 cm³/mol. The normalized spacial score (nSPS) is 9.83. The van der Waals surface area contributed by atoms with Gasteiger partial charge in [0.1, 0.15) is 0 Å². The van der Waals surface area contributed by atoms with E-state index in [1.165, 1.54) is 0 Å². The lowest BCUT2D eigenvalue weighted by Gasteiger charge is -2.09. The molecule has 11 heteroatoms. The van der Waals surface area contributed by atoms with Crippen LogP contribution < -0.4 is 10.7 Å². The second kappa shape index (κ2) is 4.48. The number of nitro groups is 3. The van der Waals surface area contributed by atoms with Crippen molar-refractivity contribution in [2.45, 2.75) is 0 Å². The van der Waals surface area contributed by atoms with E-state index in [1.807, 2.05) is 0 Å². The van der Waals surface area contributed by atoms with Gasteiger partial charge in [-0.2, -0.15) is 0 Å². The summed E-state index contributed by atoms with van der Waals surface area (Å²) in [6.07, 6.45) is 0. The Labute approximate surface area is 98.8 Å². The first-order valence-electron chi connectivity index (χ1n) is 4.36. The van der Waals surface area contributed by atoms with Crippen LogP contribution in [-0.4, -0.2) is 21.9 Å². The van der Waals surface area contributed by atoms with Gasteiger partial charge in [0.2, 0.25) is 0 Å². The molecule has 96 valence electrons. The van der Waals surface area contributed by atoms with Crippen molar-refractivity contribution in [3.05, 3.63) is 42.5 Å². The zero-order valence-electron chi connectivity index (χ0n) is 8.97. The summed E-state index contributed by atoms with van der Waals surface area (Å²) in [7, 11) is 0.867. The molecule has 0 bridgehead atoms. The summed E-state index contributed by atoms with van der Waals surface area (Å²) in [5.74, 6) is 0. The van der Waals surface area contributed by atoms with Gasteiger partial charge in [0.15, 0.2) is 5.03 Å². The van der Waals surface area contributed by atoms with E-state index < -0.39 is 31.9 Å². The van der Waals surface area contributed by atoms with Crippen LogP contribution in [-0.2, 0) is 0 Å². The van der Waals surface area contributed by atoms with E-state index in [0.717, 1.165) is 19.2 Å². The molecule has 0 fully saturated rings. The molecular formula is C7H7N5O6. The number of hydrogen-bond donors (Lipinski definition) is 1. The van der Waals surface area contributed by atoms with Crippen LogP contribution in [0.25, 0.3) is 0 Å². The maximum Gasteiger partial charge on any atom is 0.307 e. The average Bonchev–Trinajstić information content (AvgIpc) is 2.26. The van der Waals surface area contributed by atoms with E-state index in [0.29, 0.717) is 0 Å². The third-order valence-electron chi connectivity index (χ3n) is 2.05. The topological polar surface area (TPSA) is 159 Å². The molecule has 11 nitrogen and oxygen atoms in total. The monoisotopic (exact) mass is 257 g/mol. The molecule has 0 spiro atoms. The molecular weight excluding hydrogens is 250 g/mol. The molecule has 0 aliphatic carbocycles. The Morgan fingerprint density at radius 1 is 1.06 bits per heavy atom. The molecule has 0 aromatic heterocycles. The summed E-state index contributed by atoms with van der Waals surface area (Å²) >= 11 is 0. The molecule has 0 saturated heterocycles. The number of benzene rings is 1. The Balaban J connectivity index is 3.66. The highest BCUT2D eigenvalue weighted by Crippen LogP contribution is 2.38. The van der Waals surface area contributed by atoms with Crippen molar-refractivity contribution in [3.63, 3.8) is 0 Å². The van der Waals surface area contributed by atoms with E-state index in [-0.39, 0.29) is 10.7 Å². The van der Waals surface area contributed by atoms with E-state index >= 15 is 0 Å². The number of anilines is 2. The van der Waals surface area contributed by atoms with Crippen LogP contribution in [0.2, 0.25) is 0 Å². The molecule has 0 atom stereocenters. The Bertz CT molecular complexity index is 508. The fourth-order valence-corrected chi connectivity index (χ4v) is 1.32. The quantitative estimate of drug-likeness (QED) is 0.468. The van der Waals surface area contributed by atoms with Crippen LogP contribution in [0.1, 0.15) is 0 Å². The smallest absolute Gasteiger partial charge is 0.307 e. The first-order chi connectivity index (χ1) is 8.25. The molecule has 0 heterocycles. The average molecular weight is 257 g/mol. The minimum atomic E-state index is -1.01. The minimum absolute atomic E-state index is 0.204. The lowest BCUT2D eigenvalue weighted by atomic mass is 10.2. The van der Waals surface area contributed by atoms with E-state index in [9.17, 15) is 30.3 Å². The van der Waals surface area contributed by atoms with Gasteiger partial charge in [0.05, 0.1) is 16.9 Å². The van der Waals surface area contributed by atoms with Crippen LogP contribution in [0.3, 0.4) is 0 Å². The first-order valence-corrected chi connectivity index (χ1v) is 4.36. The molecule has 18 heavy (non-hydrogen) atoms. The van der Waals surface area contributed by atoms with Gasteiger partial charge in [-0.05, 0) is 0 Å². The van der Waals surface area contributed by atoms with Gasteiger partial charge in [-0.3, -0.25) is 20.2 Å². The highest BCUT2D eigenvalue weighted by molar-refractivity contribution is 5.78. The van der Waals surface area contributed by atoms with Crippen LogP contribution in [0.5, 0.6) is 0 Å². The number of nitrogen functional groups attached to an aromatic ring is 1. The zero-order chi connectivity index (χ0) is 14.0. The van der Waals surface area contributed by atoms with Crippen molar-refractivity contribution >= 4 is 22.7 Å². The van der Waals surface area contributed by atoms with E-state index in [2.05, 4.69) is 0 Å². The Morgan fingerprint density at radius 3 is 1.72 bits per heavy atom. The largest absolute Gasteiger partial charge is 0.398 e. The van der Waals surface area contributed by atoms with Crippen molar-refractivity contribution in [1.29, 1.82) is 0 Å². The third-order valence-corrected chi connectivity index (χ3v) is 2.05. The van der Waals surface area contributed by atoms with Gasteiger partial charge in [-0.25, -0.2) is 10.1 Å². The van der Waals surface area contributed by atoms with Crippen LogP contribution >= 0.6 is 0 Å². The molecule has 0 radical (unpaired) electrons. The predicted octanol–water partition coefficient (Wildman–Crippen LogP) is 0.713. The SMILES string of the molecule is CN(c1c([N+](=O)[O-])cc(N)cc1[N+](=O)[O-])[N+](=O)[O-]. The second-order valence-corrected chi connectivity index (χ2v) is 3.18. The summed E-state index contributed by atoms with van der Waals surface area (Å²) in [4.78, 5) is 30.2. The number of nitrogens with two attached hydrogens (primary N) is 1. The molecule has 1 aromatic rings. The highest BCUT2D eigenvalue weighted by atomic mass is 16.7. The summed E-state index contributed by atoms with van der Waals surface area (Å²) in [6, 6.07) is 1.64. The molecule has 1 aromatic carbocycles. The van der Waals surface area contributed by atoms with Gasteiger partial charge in [-0.15, -0.1) is 0 Å². The number of hydrogen-bond acceptors (Lipinski definition) is 7. The number of hydrazine groups is 1. The zero-order valence-corrected chi connectivity index (χ0v) is 8.97. The van der Waals surface area contributed by atoms with Gasteiger partial charge < -0.3 is 5.73 Å². The maximum atomic E-state index is 10.8. The standard InChI is InChI=1S/C7H7N5O6/c1-9(12(17)18)7-5(10(13)14)2-4(8)3-6(7)11(15)16/h2-3H,8H2,1H3. The van der Waals surface area contributed by atoms with Crippen LogP contribution in [0.15, 0.2) is 12.1 Å². The highest BCUT2D eigenvalue weighted by Gasteiger charge is 2.34. The third kappa shape index (κ3) is 2.23. The molecule has 0 unspecified atom stereocenters. The molecule has 0 aliphatic rings. The van der Waals surface area contributed by atoms with Gasteiger partial charge >= 0.3 is 11.4 Å². The Morgan fingerprint density at radius 2 is 1.44 bits per heavy atom. The Hall–Kier alpha value is -2.98. The van der Waals surface area contributed by atoms with Crippen LogP contribution in [0.4, 0.5) is 22.7 Å². The fourth-order valence-electron chi connectivity index (χ4n) is 1.32. The van der Waals surface area contributed by atoms with E-state index in [1.54, 1.807) is 0 Å². The summed E-state index contributed by atoms with van der Waals surface area (Å²) < 4.78 is 0. The lowest BCUT2D eigenvalue weighted by Crippen LogP contribution is -2.26. The molecule has 1 rings (SSSR count). The van der Waals surface area contributed by atoms with Crippen molar-refractivity contribution in [1.82, 2.24) is 0 Å². The van der Waals surface area contributed by atoms with Crippen molar-refractivity contribution < 1.29 is 14.9 Å². The minimum Gasteiger partial charge on any atom is -0.398 e. The molecule has 0 aliphatic heterocycles. The molecule has 0 amide bonds. The van der Waals surface area contributed by atoms with Gasteiger partial charge in [0.25, 0.3) is 5.69 Å². The number of nitro benzene ring substituents is 2. The summed E-state index contributed by atoms with van der Waals surface area (Å²) in [5, 5.41) is 31.3. The Kier molecular flexibility index (Phi) is 3.26. The van der Waals surface area contributed by atoms with Crippen molar-refractivity contribution in [2.24, 2.45) is 0 Å². The number of nitrogens with zero attached hydrogens (tertiary/aromatic N) is 4. The second-order valence-electron chi connectivity index (χ2n) is 3.18. The van der Waals surface area contributed by atoms with Crippen molar-refractivity contribution in [3.8, 4) is 0 Å². The first kappa shape index (κ1) is 13.1. The van der Waals surface area contributed by atoms with Crippen LogP contribution in [0, 0.1) is 30.3 Å². The molecule has 0 saturated carbocycles. The van der Waals surface area contributed by atoms with E-state index in [4.69, 9.17) is 5.73 Å². The van der Waals surface area contributed by atoms with Gasteiger partial charge in [-0.1, -0.05) is 5.01 Å². The summed E-state index contributed by atoms with van der Waals surface area (Å²) in [6.45, 7) is 0. The lowest BCUT2D eigenvalue weighted by molar-refractivity contribution is -0.493.